The van der Waals surface area contributed by atoms with E-state index < -0.39 is 0 Å². The van der Waals surface area contributed by atoms with Crippen LogP contribution < -0.4 is 4.90 Å². The fraction of sp³-hybridized carbons (Fsp3) is 0.333. The van der Waals surface area contributed by atoms with Crippen molar-refractivity contribution < 1.29 is 0 Å². The number of likely N-dealkylation sites (tertiary alicyclic amines) is 1. The van der Waals surface area contributed by atoms with Crippen LogP contribution in [0.2, 0.25) is 0 Å². The highest BCUT2D eigenvalue weighted by Gasteiger charge is 2.27. The Morgan fingerprint density at radius 2 is 2.09 bits per heavy atom. The zero-order chi connectivity index (χ0) is 15.6. The van der Waals surface area contributed by atoms with E-state index in [2.05, 4.69) is 68.2 Å². The van der Waals surface area contributed by atoms with Gasteiger partial charge in [-0.1, -0.05) is 30.3 Å². The summed E-state index contributed by atoms with van der Waals surface area (Å²) in [4.78, 5) is 16.8. The molecule has 1 atom stereocenters. The number of benzene rings is 1. The quantitative estimate of drug-likeness (QED) is 0.805. The first kappa shape index (κ1) is 14.2. The number of nitrogens with one attached hydrogen (secondary N) is 1. The molecular weight excluding hydrogens is 286 g/mol. The van der Waals surface area contributed by atoms with Crippen LogP contribution in [0.5, 0.6) is 0 Å². The molecule has 3 heterocycles. The molecule has 1 fully saturated rings. The maximum atomic E-state index is 4.51. The molecule has 0 amide bonds. The van der Waals surface area contributed by atoms with Gasteiger partial charge < -0.3 is 9.88 Å². The number of aromatic nitrogens is 3. The smallest absolute Gasteiger partial charge is 0.142 e. The average molecular weight is 307 g/mol. The number of likely N-dealkylation sites (N-methyl/N-ethyl adjacent to an activating group) is 1. The first-order valence-electron chi connectivity index (χ1n) is 8.08. The normalized spacial score (nSPS) is 18.6. The van der Waals surface area contributed by atoms with Crippen molar-refractivity contribution >= 4 is 16.9 Å². The van der Waals surface area contributed by atoms with E-state index in [1.807, 2.05) is 6.20 Å². The molecular formula is C18H21N5. The summed E-state index contributed by atoms with van der Waals surface area (Å²) in [6, 6.07) is 13.2. The molecule has 3 aromatic rings. The molecule has 0 spiro atoms. The van der Waals surface area contributed by atoms with E-state index in [0.717, 1.165) is 36.5 Å². The lowest BCUT2D eigenvalue weighted by molar-refractivity contribution is 0.326. The van der Waals surface area contributed by atoms with Gasteiger partial charge >= 0.3 is 0 Å². The van der Waals surface area contributed by atoms with Crippen molar-refractivity contribution in [2.75, 3.05) is 25.0 Å². The third-order valence-electron chi connectivity index (χ3n) is 4.71. The van der Waals surface area contributed by atoms with Crippen molar-refractivity contribution in [1.29, 1.82) is 0 Å². The minimum absolute atomic E-state index is 0.492. The molecule has 2 aromatic heterocycles. The summed E-state index contributed by atoms with van der Waals surface area (Å²) in [5.74, 6) is 1.02. The van der Waals surface area contributed by atoms with Gasteiger partial charge in [0, 0.05) is 38.9 Å². The lowest BCUT2D eigenvalue weighted by atomic mass is 10.2. The summed E-state index contributed by atoms with van der Waals surface area (Å²) in [5.41, 5.74) is 2.28. The van der Waals surface area contributed by atoms with Gasteiger partial charge in [0.15, 0.2) is 0 Å². The maximum absolute atomic E-state index is 4.51. The predicted octanol–water partition coefficient (Wildman–Crippen LogP) is 2.67. The Bertz CT molecular complexity index is 782. The zero-order valence-corrected chi connectivity index (χ0v) is 13.3. The molecule has 1 aliphatic heterocycles. The zero-order valence-electron chi connectivity index (χ0n) is 13.3. The Morgan fingerprint density at radius 3 is 2.96 bits per heavy atom. The largest absolute Gasteiger partial charge is 0.355 e. The van der Waals surface area contributed by atoms with Crippen LogP contribution >= 0.6 is 0 Å². The highest BCUT2D eigenvalue weighted by atomic mass is 15.3. The highest BCUT2D eigenvalue weighted by molar-refractivity contribution is 5.87. The molecule has 0 unspecified atom stereocenters. The number of nitrogens with zero attached hydrogens (tertiary/aromatic N) is 4. The van der Waals surface area contributed by atoms with Crippen LogP contribution in [0, 0.1) is 0 Å². The Balaban J connectivity index is 1.48. The van der Waals surface area contributed by atoms with Crippen molar-refractivity contribution in [2.45, 2.75) is 19.0 Å². The average Bonchev–Trinajstić information content (AvgIpc) is 3.24. The molecule has 0 bridgehead atoms. The Hall–Kier alpha value is -2.40. The monoisotopic (exact) mass is 307 g/mol. The van der Waals surface area contributed by atoms with Crippen LogP contribution in [-0.2, 0) is 6.54 Å². The fourth-order valence-corrected chi connectivity index (χ4v) is 3.43. The molecule has 1 aromatic carbocycles. The van der Waals surface area contributed by atoms with Crippen LogP contribution in [0.15, 0.2) is 48.9 Å². The standard InChI is InChI=1S/C18H21N5/c1-22(18-16-7-9-19-17(16)20-13-21-18)15-8-10-23(12-15)11-14-5-3-2-4-6-14/h2-7,9,13,15H,8,10-12H2,1H3,(H,19,20,21)/t15-/m1/s1. The molecule has 0 saturated carbocycles. The summed E-state index contributed by atoms with van der Waals surface area (Å²) in [5, 5.41) is 1.09. The van der Waals surface area contributed by atoms with Crippen LogP contribution in [0.1, 0.15) is 12.0 Å². The van der Waals surface area contributed by atoms with Gasteiger partial charge in [-0.2, -0.15) is 0 Å². The number of hydrogen-bond donors (Lipinski definition) is 1. The predicted molar refractivity (Wildman–Crippen MR) is 92.4 cm³/mol. The Labute approximate surface area is 136 Å². The van der Waals surface area contributed by atoms with Crippen molar-refractivity contribution in [1.82, 2.24) is 19.9 Å². The number of H-pyrrole nitrogens is 1. The van der Waals surface area contributed by atoms with Crippen molar-refractivity contribution in [3.05, 3.63) is 54.5 Å². The highest BCUT2D eigenvalue weighted by Crippen LogP contribution is 2.26. The van der Waals surface area contributed by atoms with E-state index in [9.17, 15) is 0 Å². The molecule has 0 aliphatic carbocycles. The van der Waals surface area contributed by atoms with E-state index in [1.54, 1.807) is 6.33 Å². The van der Waals surface area contributed by atoms with Gasteiger partial charge in [-0.05, 0) is 18.1 Å². The number of anilines is 1. The van der Waals surface area contributed by atoms with Crippen LogP contribution in [0.3, 0.4) is 0 Å². The topological polar surface area (TPSA) is 48.1 Å². The van der Waals surface area contributed by atoms with Crippen LogP contribution in [-0.4, -0.2) is 46.0 Å². The molecule has 4 rings (SSSR count). The molecule has 1 saturated heterocycles. The van der Waals surface area contributed by atoms with Crippen molar-refractivity contribution in [2.24, 2.45) is 0 Å². The lowest BCUT2D eigenvalue weighted by Crippen LogP contribution is -2.35. The van der Waals surface area contributed by atoms with Crippen molar-refractivity contribution in [3.8, 4) is 0 Å². The maximum Gasteiger partial charge on any atom is 0.142 e. The minimum atomic E-state index is 0.492. The Kier molecular flexibility index (Phi) is 3.71. The second-order valence-corrected chi connectivity index (χ2v) is 6.21. The molecule has 1 aliphatic rings. The van der Waals surface area contributed by atoms with Crippen LogP contribution in [0.4, 0.5) is 5.82 Å². The SMILES string of the molecule is CN(c1ncnc2[nH]ccc12)[C@@H]1CCN(Cc2ccccc2)C1. The molecule has 1 N–H and O–H groups in total. The second kappa shape index (κ2) is 6.01. The lowest BCUT2D eigenvalue weighted by Gasteiger charge is -2.26. The summed E-state index contributed by atoms with van der Waals surface area (Å²) >= 11 is 0. The fourth-order valence-electron chi connectivity index (χ4n) is 3.43. The molecule has 0 radical (unpaired) electrons. The van der Waals surface area contributed by atoms with Crippen LogP contribution in [0.25, 0.3) is 11.0 Å². The van der Waals surface area contributed by atoms with E-state index >= 15 is 0 Å². The number of hydrogen-bond acceptors (Lipinski definition) is 4. The van der Waals surface area contributed by atoms with Gasteiger partial charge in [-0.25, -0.2) is 9.97 Å². The molecule has 5 heteroatoms. The summed E-state index contributed by atoms with van der Waals surface area (Å²) in [6.45, 7) is 3.22. The third kappa shape index (κ3) is 2.80. The van der Waals surface area contributed by atoms with Gasteiger partial charge in [0.1, 0.15) is 17.8 Å². The molecule has 118 valence electrons. The second-order valence-electron chi connectivity index (χ2n) is 6.21. The van der Waals surface area contributed by atoms with Crippen molar-refractivity contribution in [3.63, 3.8) is 0 Å². The summed E-state index contributed by atoms with van der Waals surface area (Å²) < 4.78 is 0. The first-order chi connectivity index (χ1) is 11.3. The van der Waals surface area contributed by atoms with Gasteiger partial charge in [0.05, 0.1) is 5.39 Å². The number of fused-ring (bicyclic) bond motifs is 1. The van der Waals surface area contributed by atoms with Gasteiger partial charge in [-0.3, -0.25) is 4.90 Å². The van der Waals surface area contributed by atoms with E-state index in [1.165, 1.54) is 12.0 Å². The molecule has 5 nitrogen and oxygen atoms in total. The van der Waals surface area contributed by atoms with E-state index in [-0.39, 0.29) is 0 Å². The third-order valence-corrected chi connectivity index (χ3v) is 4.71. The number of rotatable bonds is 4. The van der Waals surface area contributed by atoms with Gasteiger partial charge in [0.25, 0.3) is 0 Å². The first-order valence-corrected chi connectivity index (χ1v) is 8.08. The van der Waals surface area contributed by atoms with E-state index in [0.29, 0.717) is 6.04 Å². The number of aromatic amines is 1. The molecule has 23 heavy (non-hydrogen) atoms. The van der Waals surface area contributed by atoms with E-state index in [4.69, 9.17) is 0 Å². The summed E-state index contributed by atoms with van der Waals surface area (Å²) in [7, 11) is 2.14. The van der Waals surface area contributed by atoms with Gasteiger partial charge in [-0.15, -0.1) is 0 Å². The summed E-state index contributed by atoms with van der Waals surface area (Å²) in [6.07, 6.45) is 4.73. The Morgan fingerprint density at radius 1 is 1.22 bits per heavy atom. The van der Waals surface area contributed by atoms with Gasteiger partial charge in [0.2, 0.25) is 0 Å². The minimum Gasteiger partial charge on any atom is -0.355 e.